The zero-order chi connectivity index (χ0) is 15.6. The summed E-state index contributed by atoms with van der Waals surface area (Å²) in [4.78, 5) is 14.3. The Morgan fingerprint density at radius 1 is 1.14 bits per heavy atom. The Balaban J connectivity index is 2.48. The Hall–Kier alpha value is -2.49. The first-order chi connectivity index (χ1) is 9.95. The van der Waals surface area contributed by atoms with Gasteiger partial charge in [-0.15, -0.1) is 0 Å². The van der Waals surface area contributed by atoms with Crippen LogP contribution >= 0.6 is 0 Å². The lowest BCUT2D eigenvalue weighted by Crippen LogP contribution is -2.31. The van der Waals surface area contributed by atoms with Crippen LogP contribution in [0, 0.1) is 13.8 Å². The number of anilines is 1. The summed E-state index contributed by atoms with van der Waals surface area (Å²) in [6.45, 7) is 5.95. The van der Waals surface area contributed by atoms with Crippen molar-refractivity contribution >= 4 is 11.6 Å². The predicted octanol–water partition coefficient (Wildman–Crippen LogP) is 3.38. The molecule has 0 aliphatic carbocycles. The van der Waals surface area contributed by atoms with E-state index >= 15 is 0 Å². The van der Waals surface area contributed by atoms with E-state index in [1.807, 2.05) is 13.8 Å². The molecule has 4 nitrogen and oxygen atoms in total. The summed E-state index contributed by atoms with van der Waals surface area (Å²) in [5.74, 6) is 0.0265. The third-order valence-electron chi connectivity index (χ3n) is 3.58. The van der Waals surface area contributed by atoms with E-state index in [4.69, 9.17) is 0 Å². The van der Waals surface area contributed by atoms with Crippen molar-refractivity contribution in [1.29, 1.82) is 0 Å². The van der Waals surface area contributed by atoms with Crippen LogP contribution in [0.2, 0.25) is 0 Å². The molecule has 0 aliphatic rings. The molecule has 0 bridgehead atoms. The Kier molecular flexibility index (Phi) is 4.17. The van der Waals surface area contributed by atoms with Gasteiger partial charge in [0.2, 0.25) is 0 Å². The fourth-order valence-corrected chi connectivity index (χ4v) is 2.31. The summed E-state index contributed by atoms with van der Waals surface area (Å²) in [5.41, 5.74) is 2.59. The fraction of sp³-hybridized carbons (Fsp3) is 0.235. The first kappa shape index (κ1) is 14.9. The SMILES string of the molecule is CCN(C(=O)c1cccc(O)c1C)c1cc(O)ccc1C. The van der Waals surface area contributed by atoms with Gasteiger partial charge in [0.1, 0.15) is 11.5 Å². The van der Waals surface area contributed by atoms with E-state index in [0.717, 1.165) is 5.56 Å². The maximum atomic E-state index is 12.7. The van der Waals surface area contributed by atoms with Crippen LogP contribution in [-0.2, 0) is 0 Å². The van der Waals surface area contributed by atoms with E-state index < -0.39 is 0 Å². The average molecular weight is 285 g/mol. The highest BCUT2D eigenvalue weighted by atomic mass is 16.3. The third kappa shape index (κ3) is 2.84. The molecular formula is C17H19NO3. The maximum Gasteiger partial charge on any atom is 0.258 e. The molecule has 4 heteroatoms. The number of carbonyl (C=O) groups excluding carboxylic acids is 1. The second-order valence-corrected chi connectivity index (χ2v) is 4.97. The normalized spacial score (nSPS) is 10.4. The van der Waals surface area contributed by atoms with Crippen molar-refractivity contribution in [1.82, 2.24) is 0 Å². The molecule has 0 spiro atoms. The van der Waals surface area contributed by atoms with Crippen LogP contribution < -0.4 is 4.90 Å². The number of hydrogen-bond acceptors (Lipinski definition) is 3. The number of nitrogens with zero attached hydrogens (tertiary/aromatic N) is 1. The monoisotopic (exact) mass is 285 g/mol. The van der Waals surface area contributed by atoms with E-state index in [1.165, 1.54) is 0 Å². The van der Waals surface area contributed by atoms with Crippen LogP contribution in [0.1, 0.15) is 28.4 Å². The lowest BCUT2D eigenvalue weighted by Gasteiger charge is -2.24. The molecule has 0 radical (unpaired) electrons. The number of hydrogen-bond donors (Lipinski definition) is 2. The Morgan fingerprint density at radius 2 is 1.86 bits per heavy atom. The number of benzene rings is 2. The molecule has 2 rings (SSSR count). The van der Waals surface area contributed by atoms with E-state index in [1.54, 1.807) is 48.2 Å². The van der Waals surface area contributed by atoms with Gasteiger partial charge in [-0.1, -0.05) is 12.1 Å². The molecule has 0 aromatic heterocycles. The van der Waals surface area contributed by atoms with Gasteiger partial charge in [0.15, 0.2) is 0 Å². The molecular weight excluding hydrogens is 266 g/mol. The highest BCUT2D eigenvalue weighted by molar-refractivity contribution is 6.07. The van der Waals surface area contributed by atoms with Crippen molar-refractivity contribution in [3.63, 3.8) is 0 Å². The van der Waals surface area contributed by atoms with Crippen molar-refractivity contribution < 1.29 is 15.0 Å². The van der Waals surface area contributed by atoms with E-state index in [9.17, 15) is 15.0 Å². The lowest BCUT2D eigenvalue weighted by atomic mass is 10.1. The minimum Gasteiger partial charge on any atom is -0.508 e. The summed E-state index contributed by atoms with van der Waals surface area (Å²) < 4.78 is 0. The fourth-order valence-electron chi connectivity index (χ4n) is 2.31. The first-order valence-corrected chi connectivity index (χ1v) is 6.85. The van der Waals surface area contributed by atoms with Crippen LogP contribution in [0.15, 0.2) is 36.4 Å². The summed E-state index contributed by atoms with van der Waals surface area (Å²) in [6, 6.07) is 9.85. The van der Waals surface area contributed by atoms with E-state index in [0.29, 0.717) is 23.4 Å². The number of amides is 1. The molecule has 0 aliphatic heterocycles. The Morgan fingerprint density at radius 3 is 2.52 bits per heavy atom. The van der Waals surface area contributed by atoms with Gasteiger partial charge in [0.05, 0.1) is 5.69 Å². The van der Waals surface area contributed by atoms with Gasteiger partial charge in [0, 0.05) is 23.7 Å². The molecule has 0 unspecified atom stereocenters. The molecule has 0 atom stereocenters. The molecule has 2 aromatic rings. The Labute approximate surface area is 124 Å². The minimum atomic E-state index is -0.195. The zero-order valence-corrected chi connectivity index (χ0v) is 12.4. The molecule has 1 amide bonds. The number of aryl methyl sites for hydroxylation is 1. The predicted molar refractivity (Wildman–Crippen MR) is 83.0 cm³/mol. The van der Waals surface area contributed by atoms with Crippen LogP contribution in [0.25, 0.3) is 0 Å². The number of rotatable bonds is 3. The van der Waals surface area contributed by atoms with Crippen molar-refractivity contribution in [3.05, 3.63) is 53.1 Å². The first-order valence-electron chi connectivity index (χ1n) is 6.85. The van der Waals surface area contributed by atoms with Crippen molar-refractivity contribution in [2.24, 2.45) is 0 Å². The molecule has 0 heterocycles. The van der Waals surface area contributed by atoms with Gasteiger partial charge in [-0.2, -0.15) is 0 Å². The lowest BCUT2D eigenvalue weighted by molar-refractivity contribution is 0.0987. The molecule has 0 saturated carbocycles. The summed E-state index contributed by atoms with van der Waals surface area (Å²) in [5, 5.41) is 19.4. The number of phenols is 2. The van der Waals surface area contributed by atoms with Crippen LogP contribution in [-0.4, -0.2) is 22.7 Å². The number of phenolic OH excluding ortho intramolecular Hbond substituents is 2. The topological polar surface area (TPSA) is 60.8 Å². The molecule has 0 fully saturated rings. The highest BCUT2D eigenvalue weighted by Crippen LogP contribution is 2.28. The Bertz CT molecular complexity index is 680. The summed E-state index contributed by atoms with van der Waals surface area (Å²) in [6.07, 6.45) is 0. The molecule has 110 valence electrons. The van der Waals surface area contributed by atoms with Crippen LogP contribution in [0.4, 0.5) is 5.69 Å². The second kappa shape index (κ2) is 5.87. The van der Waals surface area contributed by atoms with Crippen molar-refractivity contribution in [3.8, 4) is 11.5 Å². The van der Waals surface area contributed by atoms with Gasteiger partial charge < -0.3 is 15.1 Å². The molecule has 21 heavy (non-hydrogen) atoms. The zero-order valence-electron chi connectivity index (χ0n) is 12.4. The average Bonchev–Trinajstić information content (AvgIpc) is 2.46. The molecule has 2 N–H and O–H groups in total. The summed E-state index contributed by atoms with van der Waals surface area (Å²) in [7, 11) is 0. The highest BCUT2D eigenvalue weighted by Gasteiger charge is 2.20. The largest absolute Gasteiger partial charge is 0.508 e. The van der Waals surface area contributed by atoms with Crippen LogP contribution in [0.3, 0.4) is 0 Å². The number of aromatic hydroxyl groups is 2. The van der Waals surface area contributed by atoms with Gasteiger partial charge in [0.25, 0.3) is 5.91 Å². The number of carbonyl (C=O) groups is 1. The van der Waals surface area contributed by atoms with E-state index in [-0.39, 0.29) is 17.4 Å². The van der Waals surface area contributed by atoms with E-state index in [2.05, 4.69) is 0 Å². The minimum absolute atomic E-state index is 0.101. The molecule has 2 aromatic carbocycles. The van der Waals surface area contributed by atoms with Crippen molar-refractivity contribution in [2.45, 2.75) is 20.8 Å². The van der Waals surface area contributed by atoms with Gasteiger partial charge >= 0.3 is 0 Å². The quantitative estimate of drug-likeness (QED) is 0.908. The second-order valence-electron chi connectivity index (χ2n) is 4.97. The van der Waals surface area contributed by atoms with Gasteiger partial charge in [-0.3, -0.25) is 4.79 Å². The standard InChI is InChI=1S/C17H19NO3/c1-4-18(15-10-13(19)9-8-11(15)2)17(21)14-6-5-7-16(20)12(14)3/h5-10,19-20H,4H2,1-3H3. The van der Waals surface area contributed by atoms with Gasteiger partial charge in [-0.25, -0.2) is 0 Å². The van der Waals surface area contributed by atoms with Crippen LogP contribution in [0.5, 0.6) is 11.5 Å². The molecule has 0 saturated heterocycles. The summed E-state index contributed by atoms with van der Waals surface area (Å²) >= 11 is 0. The smallest absolute Gasteiger partial charge is 0.258 e. The van der Waals surface area contributed by atoms with Gasteiger partial charge in [-0.05, 0) is 44.5 Å². The third-order valence-corrected chi connectivity index (χ3v) is 3.58. The maximum absolute atomic E-state index is 12.7. The van der Waals surface area contributed by atoms with Crippen molar-refractivity contribution in [2.75, 3.05) is 11.4 Å².